The lowest BCUT2D eigenvalue weighted by molar-refractivity contribution is 0.119. The maximum absolute atomic E-state index is 6.35. The highest BCUT2D eigenvalue weighted by atomic mass is 32.1. The highest BCUT2D eigenvalue weighted by Crippen LogP contribution is 2.42. The van der Waals surface area contributed by atoms with Crippen LogP contribution in [0, 0.1) is 13.8 Å². The van der Waals surface area contributed by atoms with E-state index in [1.807, 2.05) is 11.3 Å². The van der Waals surface area contributed by atoms with Crippen LogP contribution >= 0.6 is 11.3 Å². The van der Waals surface area contributed by atoms with Crippen LogP contribution in [0.3, 0.4) is 0 Å². The summed E-state index contributed by atoms with van der Waals surface area (Å²) in [4.78, 5) is 5.70. The number of aryl methyl sites for hydroxylation is 1. The third-order valence-electron chi connectivity index (χ3n) is 4.21. The molecule has 0 saturated carbocycles. The minimum atomic E-state index is 0.348. The van der Waals surface area contributed by atoms with Crippen molar-refractivity contribution >= 4 is 11.3 Å². The van der Waals surface area contributed by atoms with Crippen LogP contribution in [-0.2, 0) is 6.42 Å². The van der Waals surface area contributed by atoms with Gasteiger partial charge in [0.25, 0.3) is 0 Å². The average molecular weight is 236 g/mol. The number of thiophene rings is 1. The van der Waals surface area contributed by atoms with E-state index in [1.165, 1.54) is 42.8 Å². The summed E-state index contributed by atoms with van der Waals surface area (Å²) in [5, 5.41) is 0. The van der Waals surface area contributed by atoms with E-state index in [4.69, 9.17) is 5.73 Å². The average Bonchev–Trinajstić information content (AvgIpc) is 2.56. The lowest BCUT2D eigenvalue weighted by atomic mass is 9.85. The zero-order valence-corrected chi connectivity index (χ0v) is 10.9. The molecule has 1 aromatic rings. The van der Waals surface area contributed by atoms with Crippen LogP contribution in [0.25, 0.3) is 0 Å². The van der Waals surface area contributed by atoms with E-state index in [0.29, 0.717) is 12.1 Å². The van der Waals surface area contributed by atoms with Gasteiger partial charge in [-0.15, -0.1) is 11.3 Å². The summed E-state index contributed by atoms with van der Waals surface area (Å²) in [7, 11) is 0. The van der Waals surface area contributed by atoms with E-state index in [2.05, 4.69) is 18.7 Å². The Labute approximate surface area is 101 Å². The van der Waals surface area contributed by atoms with Crippen LogP contribution in [0.15, 0.2) is 0 Å². The lowest BCUT2D eigenvalue weighted by Gasteiger charge is -2.43. The van der Waals surface area contributed by atoms with Crippen molar-refractivity contribution in [1.29, 1.82) is 0 Å². The fraction of sp³-hybridized carbons (Fsp3) is 0.692. The fourth-order valence-corrected chi connectivity index (χ4v) is 4.49. The van der Waals surface area contributed by atoms with Crippen LogP contribution in [0.2, 0.25) is 0 Å². The van der Waals surface area contributed by atoms with Crippen LogP contribution in [0.1, 0.15) is 39.8 Å². The molecule has 2 nitrogen and oxygen atoms in total. The molecule has 2 aliphatic rings. The molecular weight excluding hydrogens is 216 g/mol. The predicted octanol–water partition coefficient (Wildman–Crippen LogP) is 2.39. The van der Waals surface area contributed by atoms with Crippen molar-refractivity contribution < 1.29 is 0 Å². The number of nitrogens with two attached hydrogens (primary N) is 1. The summed E-state index contributed by atoms with van der Waals surface area (Å²) in [5.41, 5.74) is 9.44. The third-order valence-corrected chi connectivity index (χ3v) is 5.50. The molecule has 1 aromatic heterocycles. The predicted molar refractivity (Wildman–Crippen MR) is 69.0 cm³/mol. The van der Waals surface area contributed by atoms with Gasteiger partial charge in [-0.05, 0) is 50.8 Å². The van der Waals surface area contributed by atoms with Crippen LogP contribution in [-0.4, -0.2) is 24.0 Å². The molecule has 3 rings (SSSR count). The fourth-order valence-electron chi connectivity index (χ4n) is 3.28. The monoisotopic (exact) mass is 236 g/mol. The van der Waals surface area contributed by atoms with Crippen molar-refractivity contribution in [2.45, 2.75) is 45.2 Å². The van der Waals surface area contributed by atoms with Gasteiger partial charge in [0.1, 0.15) is 0 Å². The Kier molecular flexibility index (Phi) is 2.57. The van der Waals surface area contributed by atoms with Crippen molar-refractivity contribution in [2.24, 2.45) is 5.73 Å². The molecule has 2 aliphatic heterocycles. The Morgan fingerprint density at radius 2 is 2.12 bits per heavy atom. The molecule has 0 amide bonds. The molecule has 0 radical (unpaired) electrons. The summed E-state index contributed by atoms with van der Waals surface area (Å²) < 4.78 is 0. The molecule has 3 heterocycles. The second kappa shape index (κ2) is 3.83. The second-order valence-electron chi connectivity index (χ2n) is 5.16. The number of piperidine rings is 1. The van der Waals surface area contributed by atoms with E-state index >= 15 is 0 Å². The molecule has 0 bridgehead atoms. The summed E-state index contributed by atoms with van der Waals surface area (Å²) in [5.74, 6) is 0. The van der Waals surface area contributed by atoms with E-state index in [9.17, 15) is 0 Å². The Balaban J connectivity index is 2.08. The lowest BCUT2D eigenvalue weighted by Crippen LogP contribution is -2.48. The minimum Gasteiger partial charge on any atom is -0.326 e. The number of rotatable bonds is 0. The minimum absolute atomic E-state index is 0.348. The standard InChI is InChI=1S/C13H20N2S/c1-8-9(2)16-11-5-7-15-6-3-4-10(14)13(15)12(8)11/h10,13H,3-7,14H2,1-2H3. The van der Waals surface area contributed by atoms with Crippen molar-refractivity contribution in [3.63, 3.8) is 0 Å². The maximum Gasteiger partial charge on any atom is 0.0513 e. The molecule has 0 aromatic carbocycles. The van der Waals surface area contributed by atoms with Crippen molar-refractivity contribution in [1.82, 2.24) is 4.90 Å². The number of hydrogen-bond donors (Lipinski definition) is 1. The quantitative estimate of drug-likeness (QED) is 0.749. The first-order valence-corrected chi connectivity index (χ1v) is 7.08. The van der Waals surface area contributed by atoms with Crippen LogP contribution in [0.5, 0.6) is 0 Å². The molecule has 2 unspecified atom stereocenters. The molecule has 2 N–H and O–H groups in total. The highest BCUT2D eigenvalue weighted by molar-refractivity contribution is 7.12. The highest BCUT2D eigenvalue weighted by Gasteiger charge is 2.36. The van der Waals surface area contributed by atoms with Gasteiger partial charge in [0.2, 0.25) is 0 Å². The van der Waals surface area contributed by atoms with E-state index < -0.39 is 0 Å². The number of hydrogen-bond acceptors (Lipinski definition) is 3. The Bertz CT molecular complexity index is 410. The van der Waals surface area contributed by atoms with Gasteiger partial charge >= 0.3 is 0 Å². The largest absolute Gasteiger partial charge is 0.326 e. The van der Waals surface area contributed by atoms with Gasteiger partial charge in [0.15, 0.2) is 0 Å². The van der Waals surface area contributed by atoms with Gasteiger partial charge in [-0.2, -0.15) is 0 Å². The second-order valence-corrected chi connectivity index (χ2v) is 6.47. The molecule has 1 fully saturated rings. The number of nitrogens with zero attached hydrogens (tertiary/aromatic N) is 1. The van der Waals surface area contributed by atoms with Crippen molar-refractivity contribution in [2.75, 3.05) is 13.1 Å². The summed E-state index contributed by atoms with van der Waals surface area (Å²) in [6.07, 6.45) is 3.70. The molecule has 0 spiro atoms. The zero-order valence-electron chi connectivity index (χ0n) is 10.1. The zero-order chi connectivity index (χ0) is 11.3. The van der Waals surface area contributed by atoms with Crippen LogP contribution in [0.4, 0.5) is 0 Å². The number of fused-ring (bicyclic) bond motifs is 3. The van der Waals surface area contributed by atoms with Gasteiger partial charge in [-0.3, -0.25) is 4.90 Å². The third kappa shape index (κ3) is 1.45. The van der Waals surface area contributed by atoms with Gasteiger partial charge in [-0.25, -0.2) is 0 Å². The molecule has 3 heteroatoms. The van der Waals surface area contributed by atoms with Crippen molar-refractivity contribution in [3.8, 4) is 0 Å². The smallest absolute Gasteiger partial charge is 0.0513 e. The van der Waals surface area contributed by atoms with Gasteiger partial charge in [0.05, 0.1) is 6.04 Å². The SMILES string of the molecule is Cc1sc2c(c1C)C1C(N)CCCN1CC2. The Morgan fingerprint density at radius 3 is 2.94 bits per heavy atom. The summed E-state index contributed by atoms with van der Waals surface area (Å²) in [6, 6.07) is 0.864. The summed E-state index contributed by atoms with van der Waals surface area (Å²) in [6.45, 7) is 6.98. The maximum atomic E-state index is 6.35. The topological polar surface area (TPSA) is 29.3 Å². The Hall–Kier alpha value is -0.380. The molecule has 2 atom stereocenters. The molecule has 1 saturated heterocycles. The van der Waals surface area contributed by atoms with Crippen molar-refractivity contribution in [3.05, 3.63) is 20.9 Å². The van der Waals surface area contributed by atoms with Gasteiger partial charge in [-0.1, -0.05) is 0 Å². The molecule has 88 valence electrons. The Morgan fingerprint density at radius 1 is 1.31 bits per heavy atom. The molecule has 16 heavy (non-hydrogen) atoms. The van der Waals surface area contributed by atoms with E-state index in [-0.39, 0.29) is 0 Å². The molecular formula is C13H20N2S. The first-order valence-electron chi connectivity index (χ1n) is 6.27. The normalized spacial score (nSPS) is 29.9. The molecule has 0 aliphatic carbocycles. The van der Waals surface area contributed by atoms with Gasteiger partial charge < -0.3 is 5.73 Å². The van der Waals surface area contributed by atoms with Gasteiger partial charge in [0, 0.05) is 22.3 Å². The van der Waals surface area contributed by atoms with E-state index in [1.54, 1.807) is 10.4 Å². The first kappa shape index (κ1) is 10.8. The summed E-state index contributed by atoms with van der Waals surface area (Å²) >= 11 is 1.99. The van der Waals surface area contributed by atoms with Crippen LogP contribution < -0.4 is 5.73 Å². The van der Waals surface area contributed by atoms with E-state index in [0.717, 1.165) is 0 Å². The first-order chi connectivity index (χ1) is 7.68.